The molecular formula is C52H30N2. The first kappa shape index (κ1) is 30.4. The predicted octanol–water partition coefficient (Wildman–Crippen LogP) is 14.0. The summed E-state index contributed by atoms with van der Waals surface area (Å²) in [5, 5.41) is 36.9. The second-order valence-electron chi connectivity index (χ2n) is 14.7. The lowest BCUT2D eigenvalue weighted by molar-refractivity contribution is 1.39. The summed E-state index contributed by atoms with van der Waals surface area (Å²) >= 11 is 0. The van der Waals surface area contributed by atoms with Crippen LogP contribution in [0.5, 0.6) is 0 Å². The van der Waals surface area contributed by atoms with Gasteiger partial charge in [0.1, 0.15) is 0 Å². The second kappa shape index (κ2) is 11.1. The molecule has 2 nitrogen and oxygen atoms in total. The molecule has 0 spiro atoms. The molecule has 248 valence electrons. The third-order valence-electron chi connectivity index (χ3n) is 11.9. The van der Waals surface area contributed by atoms with Crippen molar-refractivity contribution in [2.24, 2.45) is 0 Å². The van der Waals surface area contributed by atoms with E-state index in [4.69, 9.17) is 0 Å². The average molecular weight is 683 g/mol. The summed E-state index contributed by atoms with van der Waals surface area (Å²) in [5.41, 5.74) is 10.8. The van der Waals surface area contributed by atoms with Crippen LogP contribution in [0, 0.1) is 36.5 Å². The molecule has 0 saturated carbocycles. The molecule has 2 heteroatoms. The molecule has 11 rings (SSSR count). The van der Waals surface area contributed by atoms with E-state index in [2.05, 4.69) is 147 Å². The van der Waals surface area contributed by atoms with Gasteiger partial charge in [-0.2, -0.15) is 10.5 Å². The highest BCUT2D eigenvalue weighted by Crippen LogP contribution is 2.55. The van der Waals surface area contributed by atoms with Gasteiger partial charge in [0.2, 0.25) is 0 Å². The van der Waals surface area contributed by atoms with Crippen LogP contribution in [0.1, 0.15) is 22.3 Å². The number of aryl methyl sites for hydroxylation is 2. The zero-order chi connectivity index (χ0) is 36.2. The minimum absolute atomic E-state index is 0.639. The number of benzene rings is 9. The topological polar surface area (TPSA) is 47.6 Å². The van der Waals surface area contributed by atoms with E-state index in [0.717, 1.165) is 11.1 Å². The summed E-state index contributed by atoms with van der Waals surface area (Å²) in [5.74, 6) is 0. The summed E-state index contributed by atoms with van der Waals surface area (Å²) < 4.78 is 0. The molecule has 0 fully saturated rings. The summed E-state index contributed by atoms with van der Waals surface area (Å²) in [7, 11) is 0. The van der Waals surface area contributed by atoms with Crippen LogP contribution in [0.3, 0.4) is 0 Å². The fourth-order valence-corrected chi connectivity index (χ4v) is 9.68. The minimum atomic E-state index is 0.639. The van der Waals surface area contributed by atoms with Gasteiger partial charge in [0.05, 0.1) is 23.3 Å². The van der Waals surface area contributed by atoms with Gasteiger partial charge in [-0.15, -0.1) is 0 Å². The van der Waals surface area contributed by atoms with E-state index in [9.17, 15) is 10.5 Å². The molecule has 0 radical (unpaired) electrons. The lowest BCUT2D eigenvalue weighted by Gasteiger charge is -2.19. The first-order valence-corrected chi connectivity index (χ1v) is 18.4. The Kier molecular flexibility index (Phi) is 6.25. The van der Waals surface area contributed by atoms with Gasteiger partial charge in [0.25, 0.3) is 0 Å². The maximum Gasteiger partial charge on any atom is 0.0991 e. The highest BCUT2D eigenvalue weighted by Gasteiger charge is 2.27. The first-order valence-electron chi connectivity index (χ1n) is 18.4. The average Bonchev–Trinajstić information content (AvgIpc) is 3.72. The zero-order valence-electron chi connectivity index (χ0n) is 29.8. The van der Waals surface area contributed by atoms with Crippen LogP contribution in [0.2, 0.25) is 0 Å². The van der Waals surface area contributed by atoms with E-state index in [1.54, 1.807) is 0 Å². The largest absolute Gasteiger partial charge is 0.192 e. The predicted molar refractivity (Wildman–Crippen MR) is 227 cm³/mol. The smallest absolute Gasteiger partial charge is 0.0991 e. The van der Waals surface area contributed by atoms with Crippen LogP contribution in [0.15, 0.2) is 146 Å². The van der Waals surface area contributed by atoms with Crippen molar-refractivity contribution < 1.29 is 0 Å². The molecule has 0 N–H and O–H groups in total. The van der Waals surface area contributed by atoms with E-state index in [1.165, 1.54) is 109 Å². The van der Waals surface area contributed by atoms with Crippen molar-refractivity contribution >= 4 is 75.4 Å². The Bertz CT molecular complexity index is 3430. The molecule has 0 aliphatic heterocycles. The summed E-state index contributed by atoms with van der Waals surface area (Å²) in [6.45, 7) is 4.41. The standard InChI is InChI=1S/C52H30N2/c1-29-8-5-9-30(2)45(29)39-24-25-42-48-38(39)13-7-15-41(48)51-46(33-20-16-31(27-53)17-21-33)44-26-43-36-11-4-3-10-35(36)37-12-6-14-40(49(37)43)50(44)47(52(42)51)34-22-18-32(28-54)19-23-34/h3-26H,1-2H3. The van der Waals surface area contributed by atoms with Crippen molar-refractivity contribution in [3.05, 3.63) is 168 Å². The molecule has 0 atom stereocenters. The van der Waals surface area contributed by atoms with Crippen molar-refractivity contribution in [2.75, 3.05) is 0 Å². The van der Waals surface area contributed by atoms with Gasteiger partial charge < -0.3 is 0 Å². The third kappa shape index (κ3) is 3.98. The molecule has 11 aromatic carbocycles. The Morgan fingerprint density at radius 3 is 1.46 bits per heavy atom. The van der Waals surface area contributed by atoms with Crippen LogP contribution in [-0.4, -0.2) is 0 Å². The van der Waals surface area contributed by atoms with E-state index in [0.29, 0.717) is 11.1 Å². The van der Waals surface area contributed by atoms with E-state index >= 15 is 0 Å². The molecule has 0 aromatic heterocycles. The van der Waals surface area contributed by atoms with Crippen LogP contribution >= 0.6 is 0 Å². The number of nitrogens with zero attached hydrogens (tertiary/aromatic N) is 2. The molecule has 54 heavy (non-hydrogen) atoms. The maximum absolute atomic E-state index is 9.83. The Morgan fingerprint density at radius 2 is 0.815 bits per heavy atom. The van der Waals surface area contributed by atoms with Gasteiger partial charge in [-0.1, -0.05) is 115 Å². The highest BCUT2D eigenvalue weighted by molar-refractivity contribution is 6.45. The Morgan fingerprint density at radius 1 is 0.333 bits per heavy atom. The molecule has 0 aliphatic rings. The number of rotatable bonds is 3. The molecule has 0 unspecified atom stereocenters. The second-order valence-corrected chi connectivity index (χ2v) is 14.7. The van der Waals surface area contributed by atoms with Crippen LogP contribution < -0.4 is 0 Å². The maximum atomic E-state index is 9.83. The number of hydrogen-bond donors (Lipinski definition) is 0. The fourth-order valence-electron chi connectivity index (χ4n) is 9.68. The van der Waals surface area contributed by atoms with Gasteiger partial charge in [0, 0.05) is 0 Å². The highest BCUT2D eigenvalue weighted by atomic mass is 14.3. The zero-order valence-corrected chi connectivity index (χ0v) is 29.8. The first-order chi connectivity index (χ1) is 26.6. The number of nitriles is 2. The monoisotopic (exact) mass is 682 g/mol. The Hall–Kier alpha value is -7.26. The molecule has 0 bridgehead atoms. The van der Waals surface area contributed by atoms with Crippen molar-refractivity contribution in [1.82, 2.24) is 0 Å². The lowest BCUT2D eigenvalue weighted by atomic mass is 9.83. The van der Waals surface area contributed by atoms with E-state index in [1.807, 2.05) is 24.3 Å². The number of hydrogen-bond acceptors (Lipinski definition) is 2. The normalized spacial score (nSPS) is 11.9. The number of fused-ring (bicyclic) bond motifs is 8. The van der Waals surface area contributed by atoms with E-state index in [-0.39, 0.29) is 0 Å². The van der Waals surface area contributed by atoms with Gasteiger partial charge in [-0.05, 0) is 164 Å². The summed E-state index contributed by atoms with van der Waals surface area (Å²) in [4.78, 5) is 0. The van der Waals surface area contributed by atoms with Crippen molar-refractivity contribution in [3.8, 4) is 45.5 Å². The summed E-state index contributed by atoms with van der Waals surface area (Å²) in [6, 6.07) is 56.9. The van der Waals surface area contributed by atoms with Crippen molar-refractivity contribution in [1.29, 1.82) is 10.5 Å². The van der Waals surface area contributed by atoms with Crippen molar-refractivity contribution in [2.45, 2.75) is 13.8 Å². The Balaban J connectivity index is 1.45. The van der Waals surface area contributed by atoms with Gasteiger partial charge in [-0.25, -0.2) is 0 Å². The van der Waals surface area contributed by atoms with Crippen LogP contribution in [0.25, 0.3) is 109 Å². The van der Waals surface area contributed by atoms with Gasteiger partial charge in [0.15, 0.2) is 0 Å². The van der Waals surface area contributed by atoms with Crippen molar-refractivity contribution in [3.63, 3.8) is 0 Å². The molecule has 0 heterocycles. The SMILES string of the molecule is Cc1cccc(C)c1-c1ccc2c3c(-c4ccc(C#N)cc4)c4c(cc5c6ccccc6c6cccc4c65)c(-c4ccc(C#N)cc4)c3c3cccc1c32. The quantitative estimate of drug-likeness (QED) is 0.174. The fraction of sp³-hybridized carbons (Fsp3) is 0.0385. The third-order valence-corrected chi connectivity index (χ3v) is 11.9. The van der Waals surface area contributed by atoms with E-state index < -0.39 is 0 Å². The van der Waals surface area contributed by atoms with Gasteiger partial charge in [-0.3, -0.25) is 0 Å². The van der Waals surface area contributed by atoms with Crippen LogP contribution in [-0.2, 0) is 0 Å². The summed E-state index contributed by atoms with van der Waals surface area (Å²) in [6.07, 6.45) is 0. The molecule has 0 amide bonds. The molecular weight excluding hydrogens is 653 g/mol. The Labute approximate surface area is 312 Å². The van der Waals surface area contributed by atoms with Gasteiger partial charge >= 0.3 is 0 Å². The molecule has 0 saturated heterocycles. The molecule has 0 aliphatic carbocycles. The van der Waals surface area contributed by atoms with Crippen LogP contribution in [0.4, 0.5) is 0 Å². The minimum Gasteiger partial charge on any atom is -0.192 e. The lowest BCUT2D eigenvalue weighted by Crippen LogP contribution is -1.92. The molecule has 11 aromatic rings.